The zero-order chi connectivity index (χ0) is 4.41. The SMILES string of the molecule is C[C]1=[C][Bi]=[Bi][BiH]1. The fourth-order valence-corrected chi connectivity index (χ4v) is 122. The molecule has 0 amide bonds. The van der Waals surface area contributed by atoms with Crippen molar-refractivity contribution in [3.05, 3.63) is 7.06 Å². The van der Waals surface area contributed by atoms with Gasteiger partial charge < -0.3 is 0 Å². The number of hydrogen-bond donors (Lipinski definition) is 0. The number of hydrogen-bond acceptors (Lipinski definition) is 0. The van der Waals surface area contributed by atoms with Crippen LogP contribution in [0.5, 0.6) is 0 Å². The molecule has 0 saturated carbocycles. The van der Waals surface area contributed by atoms with E-state index in [1.54, 1.807) is 0 Å². The van der Waals surface area contributed by atoms with Crippen LogP contribution in [0.15, 0.2) is 3.28 Å². The first-order valence-electron chi connectivity index (χ1n) is 1.65. The van der Waals surface area contributed by atoms with Crippen LogP contribution < -0.4 is 0 Å². The van der Waals surface area contributed by atoms with Gasteiger partial charge in [-0.3, -0.25) is 0 Å². The van der Waals surface area contributed by atoms with E-state index >= 15 is 0 Å². The molecule has 1 radical (unpaired) electrons. The van der Waals surface area contributed by atoms with Crippen molar-refractivity contribution in [3.8, 4) is 0 Å². The van der Waals surface area contributed by atoms with Crippen LogP contribution in [0.2, 0.25) is 0 Å². The van der Waals surface area contributed by atoms with Gasteiger partial charge in [0.25, 0.3) is 0 Å². The second-order valence-electron chi connectivity index (χ2n) is 1.05. The van der Waals surface area contributed by atoms with E-state index < -0.39 is 0 Å². The van der Waals surface area contributed by atoms with Crippen LogP contribution in [0.3, 0.4) is 0 Å². The molecule has 0 nitrogen and oxygen atoms in total. The van der Waals surface area contributed by atoms with Crippen molar-refractivity contribution in [1.29, 1.82) is 0 Å². The summed E-state index contributed by atoms with van der Waals surface area (Å²) in [5.74, 6) is 0. The topological polar surface area (TPSA) is 0 Å². The summed E-state index contributed by atoms with van der Waals surface area (Å²) in [5, 5.41) is 0. The van der Waals surface area contributed by atoms with Crippen LogP contribution in [0.1, 0.15) is 6.92 Å². The summed E-state index contributed by atoms with van der Waals surface area (Å²) >= 11 is 0.730. The first-order chi connectivity index (χ1) is 2.89. The zero-order valence-electron chi connectivity index (χ0n) is 3.39. The molecule has 0 spiro atoms. The third-order valence-electron chi connectivity index (χ3n) is 0.485. The molecule has 0 N–H and O–H groups in total. The van der Waals surface area contributed by atoms with Crippen LogP contribution in [-0.4, -0.2) is 49.2 Å². The summed E-state index contributed by atoms with van der Waals surface area (Å²) in [6.07, 6.45) is 0. The van der Waals surface area contributed by atoms with Crippen LogP contribution in [-0.2, 0) is 0 Å². The van der Waals surface area contributed by atoms with Gasteiger partial charge in [0.2, 0.25) is 0 Å². The Morgan fingerprint density at radius 1 is 1.83 bits per heavy atom. The molecular weight excluding hydrogens is 663 g/mol. The predicted octanol–water partition coefficient (Wildman–Crippen LogP) is -0.661. The molecule has 0 fully saturated rings. The summed E-state index contributed by atoms with van der Waals surface area (Å²) in [6.45, 7) is 2.32. The summed E-state index contributed by atoms with van der Waals surface area (Å²) in [4.78, 5) is 0. The van der Waals surface area contributed by atoms with Gasteiger partial charge in [0.15, 0.2) is 0 Å². The second-order valence-corrected chi connectivity index (χ2v) is 88.4. The molecule has 0 aromatic heterocycles. The van der Waals surface area contributed by atoms with Crippen molar-refractivity contribution in [1.82, 2.24) is 0 Å². The minimum absolute atomic E-state index is 0.127. The van der Waals surface area contributed by atoms with Crippen molar-refractivity contribution in [2.45, 2.75) is 6.92 Å². The van der Waals surface area contributed by atoms with Gasteiger partial charge in [-0.1, -0.05) is 0 Å². The van der Waals surface area contributed by atoms with E-state index in [0.717, 1.165) is 0 Å². The molecule has 0 unspecified atom stereocenters. The molecule has 0 saturated heterocycles. The van der Waals surface area contributed by atoms with E-state index in [4.69, 9.17) is 0 Å². The van der Waals surface area contributed by atoms with Gasteiger partial charge in [-0.15, -0.1) is 0 Å². The van der Waals surface area contributed by atoms with E-state index in [1.807, 2.05) is 3.28 Å². The normalized spacial score (nSPS) is 18.5. The van der Waals surface area contributed by atoms with Crippen LogP contribution in [0.4, 0.5) is 0 Å². The van der Waals surface area contributed by atoms with Gasteiger partial charge in [-0.25, -0.2) is 0 Å². The van der Waals surface area contributed by atoms with E-state index in [9.17, 15) is 0 Å². The van der Waals surface area contributed by atoms with E-state index in [1.165, 1.54) is 0 Å². The standard InChI is InChI=1S/C3H3.3Bi.H/c1-3-2;;;;/h1H3;;;;. The van der Waals surface area contributed by atoms with E-state index in [0.29, 0.717) is 13.0 Å². The third-order valence-corrected chi connectivity index (χ3v) is 89.6. The molecule has 0 aromatic rings. The quantitative estimate of drug-likeness (QED) is 0.302. The zero-order valence-corrected chi connectivity index (χ0v) is 14.2. The number of allylic oxidation sites excluding steroid dienone is 1. The monoisotopic (exact) mass is 667 g/mol. The first kappa shape index (κ1) is 6.51. The second kappa shape index (κ2) is 3.42. The Hall–Kier alpha value is 2.39. The van der Waals surface area contributed by atoms with Crippen LogP contribution in [0.25, 0.3) is 0 Å². The van der Waals surface area contributed by atoms with Crippen molar-refractivity contribution in [3.63, 3.8) is 0 Å². The Labute approximate surface area is 61.5 Å². The molecule has 0 atom stereocenters. The van der Waals surface area contributed by atoms with Crippen LogP contribution >= 0.6 is 0 Å². The molecular formula is C3H4Bi3. The molecule has 0 aliphatic carbocycles. The van der Waals surface area contributed by atoms with Crippen molar-refractivity contribution in [2.75, 3.05) is 0 Å². The van der Waals surface area contributed by atoms with Gasteiger partial charge in [-0.05, 0) is 0 Å². The Morgan fingerprint density at radius 3 is 2.83 bits per heavy atom. The summed E-state index contributed by atoms with van der Waals surface area (Å²) in [5.41, 5.74) is 0. The Morgan fingerprint density at radius 2 is 2.67 bits per heavy atom. The van der Waals surface area contributed by atoms with E-state index in [-0.39, 0.29) is 36.2 Å². The molecule has 1 aliphatic heterocycles. The van der Waals surface area contributed by atoms with Crippen LogP contribution in [0, 0.1) is 3.78 Å². The molecule has 0 aromatic carbocycles. The molecule has 6 heavy (non-hydrogen) atoms. The average molecular weight is 667 g/mol. The third kappa shape index (κ3) is 2.11. The summed E-state index contributed by atoms with van der Waals surface area (Å²) < 4.78 is 5.39. The first-order valence-corrected chi connectivity index (χ1v) is 37.5. The van der Waals surface area contributed by atoms with Gasteiger partial charge in [0, 0.05) is 0 Å². The Balaban J connectivity index is 2.61. The van der Waals surface area contributed by atoms with Crippen molar-refractivity contribution >= 4 is 49.2 Å². The minimum atomic E-state index is 0.127. The summed E-state index contributed by atoms with van der Waals surface area (Å²) in [7, 11) is 0. The molecule has 1 aliphatic rings. The fraction of sp³-hybridized carbons (Fsp3) is 0.333. The molecule has 31 valence electrons. The van der Waals surface area contributed by atoms with Crippen molar-refractivity contribution in [2.24, 2.45) is 0 Å². The molecule has 1 rings (SSSR count). The summed E-state index contributed by atoms with van der Waals surface area (Å²) in [6, 6.07) is 0. The van der Waals surface area contributed by atoms with Gasteiger partial charge in [0.1, 0.15) is 0 Å². The predicted molar refractivity (Wildman–Crippen MR) is 31.1 cm³/mol. The van der Waals surface area contributed by atoms with Crippen molar-refractivity contribution < 1.29 is 0 Å². The number of rotatable bonds is 0. The Kier molecular flexibility index (Phi) is 3.71. The van der Waals surface area contributed by atoms with Gasteiger partial charge in [-0.2, -0.15) is 0 Å². The maximum atomic E-state index is 3.58. The van der Waals surface area contributed by atoms with Gasteiger partial charge in [0.05, 0.1) is 0 Å². The molecule has 1 heterocycles. The fourth-order valence-electron chi connectivity index (χ4n) is 0.225. The van der Waals surface area contributed by atoms with Gasteiger partial charge >= 0.3 is 63.2 Å². The molecule has 3 heteroatoms. The maximum absolute atomic E-state index is 3.58. The average Bonchev–Trinajstić information content (AvgIpc) is 1.86. The molecule has 0 bridgehead atoms. The van der Waals surface area contributed by atoms with E-state index in [2.05, 4.69) is 10.7 Å². The Bertz CT molecular complexity index is 103.